The molecule has 2 aliphatic rings. The molecular formula is C22H34O. The molecule has 1 aliphatic heterocycles. The van der Waals surface area contributed by atoms with Crippen molar-refractivity contribution in [1.82, 2.24) is 0 Å². The summed E-state index contributed by atoms with van der Waals surface area (Å²) in [6.07, 6.45) is 12.6. The van der Waals surface area contributed by atoms with Crippen molar-refractivity contribution in [3.05, 3.63) is 35.4 Å². The monoisotopic (exact) mass is 314 g/mol. The molecule has 1 saturated heterocycles. The first-order valence-corrected chi connectivity index (χ1v) is 10.0. The topological polar surface area (TPSA) is 9.23 Å². The molecule has 1 heterocycles. The molecule has 0 bridgehead atoms. The summed E-state index contributed by atoms with van der Waals surface area (Å²) in [4.78, 5) is 0. The zero-order valence-electron chi connectivity index (χ0n) is 15.1. The zero-order chi connectivity index (χ0) is 16.1. The van der Waals surface area contributed by atoms with Gasteiger partial charge in [0.15, 0.2) is 0 Å². The van der Waals surface area contributed by atoms with E-state index in [1.54, 1.807) is 5.56 Å². The van der Waals surface area contributed by atoms with Gasteiger partial charge in [-0.3, -0.25) is 0 Å². The molecule has 23 heavy (non-hydrogen) atoms. The molecule has 1 aromatic carbocycles. The molecule has 3 rings (SSSR count). The van der Waals surface area contributed by atoms with Crippen LogP contribution in [0.25, 0.3) is 0 Å². The van der Waals surface area contributed by atoms with Crippen molar-refractivity contribution in [2.45, 2.75) is 89.6 Å². The van der Waals surface area contributed by atoms with Gasteiger partial charge >= 0.3 is 0 Å². The molecule has 2 fully saturated rings. The predicted octanol–water partition coefficient (Wildman–Crippen LogP) is 6.43. The maximum atomic E-state index is 5.98. The maximum Gasteiger partial charge on any atom is 0.0573 e. The second-order valence-electron chi connectivity index (χ2n) is 7.81. The number of benzene rings is 1. The average molecular weight is 315 g/mol. The Kier molecular flexibility index (Phi) is 6.16. The van der Waals surface area contributed by atoms with Crippen molar-refractivity contribution in [1.29, 1.82) is 0 Å². The fraction of sp³-hybridized carbons (Fsp3) is 0.727. The summed E-state index contributed by atoms with van der Waals surface area (Å²) in [5.74, 6) is 2.43. The van der Waals surface area contributed by atoms with E-state index in [4.69, 9.17) is 4.74 Å². The number of ether oxygens (including phenoxy) is 1. The zero-order valence-corrected chi connectivity index (χ0v) is 15.1. The van der Waals surface area contributed by atoms with Crippen molar-refractivity contribution < 1.29 is 4.74 Å². The summed E-state index contributed by atoms with van der Waals surface area (Å²) in [5.41, 5.74) is 3.06. The van der Waals surface area contributed by atoms with E-state index in [-0.39, 0.29) is 0 Å². The van der Waals surface area contributed by atoms with Crippen molar-refractivity contribution in [2.24, 2.45) is 5.92 Å². The summed E-state index contributed by atoms with van der Waals surface area (Å²) in [7, 11) is 0. The van der Waals surface area contributed by atoms with E-state index in [0.29, 0.717) is 12.0 Å². The largest absolute Gasteiger partial charge is 0.378 e. The van der Waals surface area contributed by atoms with Gasteiger partial charge in [0.1, 0.15) is 0 Å². The highest BCUT2D eigenvalue weighted by atomic mass is 16.5. The third-order valence-electron chi connectivity index (χ3n) is 6.25. The summed E-state index contributed by atoms with van der Waals surface area (Å²) in [5, 5.41) is 0. The Morgan fingerprint density at radius 3 is 1.96 bits per heavy atom. The molecule has 1 saturated carbocycles. The van der Waals surface area contributed by atoms with Gasteiger partial charge < -0.3 is 4.74 Å². The Morgan fingerprint density at radius 1 is 0.826 bits per heavy atom. The minimum absolute atomic E-state index is 0.504. The van der Waals surface area contributed by atoms with Gasteiger partial charge in [0, 0.05) is 5.92 Å². The molecular weight excluding hydrogens is 280 g/mol. The maximum absolute atomic E-state index is 5.98. The molecule has 1 aliphatic carbocycles. The fourth-order valence-corrected chi connectivity index (χ4v) is 4.62. The first kappa shape index (κ1) is 17.0. The van der Waals surface area contributed by atoms with E-state index in [9.17, 15) is 0 Å². The van der Waals surface area contributed by atoms with Gasteiger partial charge in [-0.25, -0.2) is 0 Å². The third kappa shape index (κ3) is 4.38. The van der Waals surface area contributed by atoms with Crippen molar-refractivity contribution >= 4 is 0 Å². The molecule has 1 nitrogen and oxygen atoms in total. The molecule has 0 amide bonds. The molecule has 0 spiro atoms. The number of rotatable bonds is 5. The van der Waals surface area contributed by atoms with E-state index < -0.39 is 0 Å². The van der Waals surface area contributed by atoms with Crippen LogP contribution in [-0.4, -0.2) is 12.7 Å². The van der Waals surface area contributed by atoms with E-state index >= 15 is 0 Å². The first-order chi connectivity index (χ1) is 11.3. The van der Waals surface area contributed by atoms with Crippen LogP contribution in [0.15, 0.2) is 24.3 Å². The minimum Gasteiger partial charge on any atom is -0.378 e. The smallest absolute Gasteiger partial charge is 0.0573 e. The van der Waals surface area contributed by atoms with Gasteiger partial charge in [-0.05, 0) is 67.9 Å². The molecule has 0 radical (unpaired) electrons. The van der Waals surface area contributed by atoms with E-state index in [1.807, 2.05) is 0 Å². The van der Waals surface area contributed by atoms with Crippen LogP contribution in [0.2, 0.25) is 0 Å². The lowest BCUT2D eigenvalue weighted by atomic mass is 9.77. The lowest BCUT2D eigenvalue weighted by Crippen LogP contribution is -2.24. The van der Waals surface area contributed by atoms with Gasteiger partial charge in [0.05, 0.1) is 12.7 Å². The molecule has 1 aromatic rings. The fourth-order valence-electron chi connectivity index (χ4n) is 4.62. The van der Waals surface area contributed by atoms with Crippen LogP contribution in [0.1, 0.15) is 94.6 Å². The molecule has 1 heteroatoms. The van der Waals surface area contributed by atoms with Crippen LogP contribution in [0, 0.1) is 5.92 Å². The second-order valence-corrected chi connectivity index (χ2v) is 7.81. The van der Waals surface area contributed by atoms with E-state index in [2.05, 4.69) is 38.1 Å². The summed E-state index contributed by atoms with van der Waals surface area (Å²) >= 11 is 0. The SMILES string of the molecule is CCCC1CCC(c2ccc(C3CCC(CC)OC3)cc2)CC1. The average Bonchev–Trinajstić information content (AvgIpc) is 2.63. The molecule has 0 aromatic heterocycles. The number of hydrogen-bond donors (Lipinski definition) is 0. The Hall–Kier alpha value is -0.820. The van der Waals surface area contributed by atoms with Gasteiger partial charge in [0.25, 0.3) is 0 Å². The highest BCUT2D eigenvalue weighted by Crippen LogP contribution is 2.38. The first-order valence-electron chi connectivity index (χ1n) is 10.0. The summed E-state index contributed by atoms with van der Waals surface area (Å²) in [6.45, 7) is 5.47. The molecule has 2 atom stereocenters. The van der Waals surface area contributed by atoms with Crippen molar-refractivity contribution in [3.8, 4) is 0 Å². The van der Waals surface area contributed by atoms with Gasteiger partial charge in [-0.2, -0.15) is 0 Å². The lowest BCUT2D eigenvalue weighted by molar-refractivity contribution is 0.00203. The highest BCUT2D eigenvalue weighted by Gasteiger charge is 2.24. The van der Waals surface area contributed by atoms with Gasteiger partial charge in [0.2, 0.25) is 0 Å². The molecule has 2 unspecified atom stereocenters. The highest BCUT2D eigenvalue weighted by molar-refractivity contribution is 5.28. The standard InChI is InChI=1S/C22H34O/c1-3-5-17-6-8-18(9-7-17)19-10-12-20(13-11-19)21-14-15-22(4-2)23-16-21/h10-13,17-18,21-22H,3-9,14-16H2,1-2H3. The minimum atomic E-state index is 0.504. The van der Waals surface area contributed by atoms with Crippen molar-refractivity contribution in [3.63, 3.8) is 0 Å². The molecule has 128 valence electrons. The van der Waals surface area contributed by atoms with Gasteiger partial charge in [-0.15, -0.1) is 0 Å². The summed E-state index contributed by atoms with van der Waals surface area (Å²) in [6, 6.07) is 9.58. The van der Waals surface area contributed by atoms with Crippen LogP contribution >= 0.6 is 0 Å². The third-order valence-corrected chi connectivity index (χ3v) is 6.25. The normalized spacial score (nSPS) is 31.9. The van der Waals surface area contributed by atoms with Crippen molar-refractivity contribution in [2.75, 3.05) is 6.61 Å². The Labute approximate surface area is 142 Å². The van der Waals surface area contributed by atoms with Crippen LogP contribution in [0.4, 0.5) is 0 Å². The van der Waals surface area contributed by atoms with Crippen LogP contribution in [0.3, 0.4) is 0 Å². The van der Waals surface area contributed by atoms with Gasteiger partial charge in [-0.1, -0.05) is 51.0 Å². The van der Waals surface area contributed by atoms with E-state index in [0.717, 1.165) is 24.9 Å². The van der Waals surface area contributed by atoms with Crippen LogP contribution < -0.4 is 0 Å². The predicted molar refractivity (Wildman–Crippen MR) is 98.1 cm³/mol. The van der Waals surface area contributed by atoms with E-state index in [1.165, 1.54) is 56.9 Å². The number of hydrogen-bond acceptors (Lipinski definition) is 1. The molecule has 0 N–H and O–H groups in total. The Bertz CT molecular complexity index is 447. The quantitative estimate of drug-likeness (QED) is 0.608. The Morgan fingerprint density at radius 2 is 1.43 bits per heavy atom. The lowest BCUT2D eigenvalue weighted by Gasteiger charge is -2.30. The van der Waals surface area contributed by atoms with Crippen LogP contribution in [-0.2, 0) is 4.74 Å². The second kappa shape index (κ2) is 8.33. The van der Waals surface area contributed by atoms with Crippen LogP contribution in [0.5, 0.6) is 0 Å². The summed E-state index contributed by atoms with van der Waals surface area (Å²) < 4.78 is 5.98. The Balaban J connectivity index is 1.53.